The molecule has 0 spiro atoms. The van der Waals surface area contributed by atoms with E-state index in [1.807, 2.05) is 54.8 Å². The number of benzene rings is 2. The maximum atomic E-state index is 12.9. The second kappa shape index (κ2) is 10.5. The number of H-pyrrole nitrogens is 2. The van der Waals surface area contributed by atoms with E-state index in [-0.39, 0.29) is 12.8 Å². The van der Waals surface area contributed by atoms with E-state index in [0.29, 0.717) is 0 Å². The van der Waals surface area contributed by atoms with Crippen molar-refractivity contribution in [1.29, 1.82) is 0 Å². The van der Waals surface area contributed by atoms with Crippen molar-refractivity contribution in [2.24, 2.45) is 5.73 Å². The van der Waals surface area contributed by atoms with Crippen LogP contribution in [0.1, 0.15) is 18.1 Å². The minimum absolute atomic E-state index is 0.208. The van der Waals surface area contributed by atoms with Gasteiger partial charge in [0.15, 0.2) is 0 Å². The predicted octanol–water partition coefficient (Wildman–Crippen LogP) is 1.22. The predicted molar refractivity (Wildman–Crippen MR) is 133 cm³/mol. The van der Waals surface area contributed by atoms with E-state index >= 15 is 0 Å². The van der Waals surface area contributed by atoms with Crippen LogP contribution in [0.2, 0.25) is 0 Å². The number of nitrogens with two attached hydrogens (primary N) is 1. The molecule has 0 saturated carbocycles. The number of aromatic amines is 2. The van der Waals surface area contributed by atoms with Crippen molar-refractivity contribution < 1.29 is 19.5 Å². The van der Waals surface area contributed by atoms with Crippen LogP contribution in [-0.4, -0.2) is 57.4 Å². The van der Waals surface area contributed by atoms with E-state index in [9.17, 15) is 19.5 Å². The van der Waals surface area contributed by atoms with Crippen molar-refractivity contribution in [3.8, 4) is 0 Å². The van der Waals surface area contributed by atoms with Gasteiger partial charge in [-0.15, -0.1) is 0 Å². The molecule has 2 aromatic heterocycles. The molecule has 1 radical (unpaired) electrons. The van der Waals surface area contributed by atoms with Gasteiger partial charge in [0, 0.05) is 40.6 Å². The molecule has 7 N–H and O–H groups in total. The molecule has 4 atom stereocenters. The number of aliphatic hydroxyl groups excluding tert-OH is 1. The number of carbonyl (C=O) groups excluding carboxylic acids is 3. The van der Waals surface area contributed by atoms with E-state index < -0.39 is 36.0 Å². The summed E-state index contributed by atoms with van der Waals surface area (Å²) in [5.41, 5.74) is 9.67. The number of aliphatic hydroxyl groups is 1. The molecule has 4 rings (SSSR count). The lowest BCUT2D eigenvalue weighted by molar-refractivity contribution is -0.132. The zero-order valence-electron chi connectivity index (χ0n) is 19.2. The quantitative estimate of drug-likeness (QED) is 0.204. The van der Waals surface area contributed by atoms with E-state index in [1.165, 1.54) is 6.92 Å². The van der Waals surface area contributed by atoms with Crippen LogP contribution in [0.25, 0.3) is 21.8 Å². The van der Waals surface area contributed by atoms with Crippen molar-refractivity contribution in [2.75, 3.05) is 0 Å². The van der Waals surface area contributed by atoms with Gasteiger partial charge in [-0.3, -0.25) is 14.4 Å². The molecule has 0 unspecified atom stereocenters. The average Bonchev–Trinajstić information content (AvgIpc) is 3.45. The Morgan fingerprint density at radius 3 is 2.00 bits per heavy atom. The number of hydrogen-bond acceptors (Lipinski definition) is 5. The second-order valence-electron chi connectivity index (χ2n) is 8.64. The van der Waals surface area contributed by atoms with Crippen molar-refractivity contribution in [1.82, 2.24) is 20.6 Å². The SMILES string of the molecule is C[C@H](O)[C@@H](NC(=O)[C@H](N)Cc1c[nH]c2ccccc12)C(=O)N[C@@H]([C]=O)Cc1c[nH]c2ccccc12. The standard InChI is InChI=1S/C26H28N5O4/c1-15(33)24(31-25(34)21(27)11-17-13-29-23-9-5-3-7-20(17)23)26(35)30-18(14-32)10-16-12-28-22-8-4-2-6-19(16)22/h2-9,12-13,15,18,21,24,28-29,33H,10-11,27H2,1H3,(H,30,35)(H,31,34)/t15-,18+,21+,24+/m0/s1. The molecule has 4 aromatic rings. The maximum Gasteiger partial charge on any atom is 0.245 e. The highest BCUT2D eigenvalue weighted by molar-refractivity contribution is 5.92. The van der Waals surface area contributed by atoms with Gasteiger partial charge >= 0.3 is 0 Å². The van der Waals surface area contributed by atoms with Crippen LogP contribution in [0, 0.1) is 0 Å². The molecule has 9 nitrogen and oxygen atoms in total. The molecule has 0 aliphatic rings. The number of rotatable bonds is 10. The second-order valence-corrected chi connectivity index (χ2v) is 8.64. The normalized spacial score (nSPS) is 14.8. The summed E-state index contributed by atoms with van der Waals surface area (Å²) in [6.45, 7) is 1.38. The number of amides is 2. The molecular weight excluding hydrogens is 446 g/mol. The van der Waals surface area contributed by atoms with Gasteiger partial charge < -0.3 is 31.4 Å². The zero-order chi connectivity index (χ0) is 24.9. The Morgan fingerprint density at radius 1 is 0.914 bits per heavy atom. The van der Waals surface area contributed by atoms with E-state index in [2.05, 4.69) is 20.6 Å². The first-order chi connectivity index (χ1) is 16.9. The number of aromatic nitrogens is 2. The van der Waals surface area contributed by atoms with Crippen LogP contribution in [-0.2, 0) is 27.2 Å². The number of nitrogens with one attached hydrogen (secondary N) is 4. The number of fused-ring (bicyclic) bond motifs is 2. The van der Waals surface area contributed by atoms with Crippen molar-refractivity contribution in [3.63, 3.8) is 0 Å². The fraction of sp³-hybridized carbons (Fsp3) is 0.269. The summed E-state index contributed by atoms with van der Waals surface area (Å²) < 4.78 is 0. The summed E-state index contributed by atoms with van der Waals surface area (Å²) in [6.07, 6.45) is 4.65. The van der Waals surface area contributed by atoms with Gasteiger partial charge in [-0.05, 0) is 36.6 Å². The summed E-state index contributed by atoms with van der Waals surface area (Å²) >= 11 is 0. The average molecular weight is 475 g/mol. The summed E-state index contributed by atoms with van der Waals surface area (Å²) in [5.74, 6) is -1.28. The molecule has 2 heterocycles. The molecule has 35 heavy (non-hydrogen) atoms. The lowest BCUT2D eigenvalue weighted by Crippen LogP contribution is -2.57. The fourth-order valence-corrected chi connectivity index (χ4v) is 4.20. The molecule has 2 aromatic carbocycles. The molecular formula is C26H28N5O4. The molecule has 0 bridgehead atoms. The lowest BCUT2D eigenvalue weighted by atomic mass is 10.0. The first-order valence-corrected chi connectivity index (χ1v) is 11.4. The number of carbonyl (C=O) groups is 2. The molecule has 0 aliphatic carbocycles. The van der Waals surface area contributed by atoms with Crippen molar-refractivity contribution in [2.45, 2.75) is 44.0 Å². The van der Waals surface area contributed by atoms with Crippen LogP contribution < -0.4 is 16.4 Å². The summed E-state index contributed by atoms with van der Waals surface area (Å²) in [6, 6.07) is 12.1. The lowest BCUT2D eigenvalue weighted by Gasteiger charge is -2.24. The maximum absolute atomic E-state index is 12.9. The Bertz CT molecular complexity index is 1340. The van der Waals surface area contributed by atoms with Gasteiger partial charge in [-0.25, -0.2) is 0 Å². The summed E-state index contributed by atoms with van der Waals surface area (Å²) in [4.78, 5) is 43.5. The monoisotopic (exact) mass is 474 g/mol. The first-order valence-electron chi connectivity index (χ1n) is 11.4. The van der Waals surface area contributed by atoms with Gasteiger partial charge in [0.2, 0.25) is 18.1 Å². The molecule has 181 valence electrons. The van der Waals surface area contributed by atoms with Crippen molar-refractivity contribution >= 4 is 39.9 Å². The zero-order valence-corrected chi connectivity index (χ0v) is 19.2. The topological polar surface area (TPSA) is 153 Å². The first kappa shape index (κ1) is 24.2. The molecule has 0 saturated heterocycles. The molecule has 2 amide bonds. The highest BCUT2D eigenvalue weighted by atomic mass is 16.3. The Kier molecular flexibility index (Phi) is 7.28. The van der Waals surface area contributed by atoms with Crippen LogP contribution in [0.4, 0.5) is 0 Å². The number of para-hydroxylation sites is 2. The van der Waals surface area contributed by atoms with E-state index in [1.54, 1.807) is 12.4 Å². The Morgan fingerprint density at radius 2 is 1.46 bits per heavy atom. The van der Waals surface area contributed by atoms with E-state index in [4.69, 9.17) is 5.73 Å². The smallest absolute Gasteiger partial charge is 0.245 e. The fourth-order valence-electron chi connectivity index (χ4n) is 4.20. The number of hydrogen-bond donors (Lipinski definition) is 6. The van der Waals surface area contributed by atoms with Crippen LogP contribution in [0.5, 0.6) is 0 Å². The third-order valence-electron chi connectivity index (χ3n) is 6.07. The Hall–Kier alpha value is -3.95. The molecule has 0 fully saturated rings. The van der Waals surface area contributed by atoms with E-state index in [0.717, 1.165) is 32.9 Å². The largest absolute Gasteiger partial charge is 0.391 e. The minimum atomic E-state index is -1.28. The third-order valence-corrected chi connectivity index (χ3v) is 6.07. The van der Waals surface area contributed by atoms with Gasteiger partial charge in [0.1, 0.15) is 6.04 Å². The molecule has 9 heteroatoms. The highest BCUT2D eigenvalue weighted by Crippen LogP contribution is 2.20. The van der Waals surface area contributed by atoms with Crippen molar-refractivity contribution in [3.05, 3.63) is 72.1 Å². The van der Waals surface area contributed by atoms with Gasteiger partial charge in [-0.2, -0.15) is 0 Å². The third kappa shape index (κ3) is 5.42. The summed E-state index contributed by atoms with van der Waals surface area (Å²) in [5, 5.41) is 17.2. The molecule has 0 aliphatic heterocycles. The van der Waals surface area contributed by atoms with Gasteiger partial charge in [0.25, 0.3) is 0 Å². The Balaban J connectivity index is 1.39. The highest BCUT2D eigenvalue weighted by Gasteiger charge is 2.30. The van der Waals surface area contributed by atoms with Crippen LogP contribution in [0.3, 0.4) is 0 Å². The van der Waals surface area contributed by atoms with Crippen LogP contribution in [0.15, 0.2) is 60.9 Å². The van der Waals surface area contributed by atoms with Crippen LogP contribution >= 0.6 is 0 Å². The minimum Gasteiger partial charge on any atom is -0.391 e. The summed E-state index contributed by atoms with van der Waals surface area (Å²) in [7, 11) is 0. The van der Waals surface area contributed by atoms with Gasteiger partial charge in [0.05, 0.1) is 18.2 Å². The Labute approximate surface area is 202 Å². The van der Waals surface area contributed by atoms with Gasteiger partial charge in [-0.1, -0.05) is 36.4 Å².